The van der Waals surface area contributed by atoms with Crippen molar-refractivity contribution in [2.24, 2.45) is 5.92 Å². The van der Waals surface area contributed by atoms with E-state index in [0.717, 1.165) is 0 Å². The van der Waals surface area contributed by atoms with Crippen LogP contribution in [-0.4, -0.2) is 25.0 Å². The number of hydrogen-bond acceptors (Lipinski definition) is 2. The summed E-state index contributed by atoms with van der Waals surface area (Å²) >= 11 is 0. The first-order valence-corrected chi connectivity index (χ1v) is 5.21. The molecule has 0 amide bonds. The molecule has 0 aromatic rings. The highest BCUT2D eigenvalue weighted by molar-refractivity contribution is 4.83. The predicted octanol–water partition coefficient (Wildman–Crippen LogP) is 3.19. The van der Waals surface area contributed by atoms with Crippen molar-refractivity contribution in [2.75, 3.05) is 6.61 Å². The lowest BCUT2D eigenvalue weighted by atomic mass is 9.84. The molecule has 2 unspecified atom stereocenters. The SMILES string of the molecule is FC(F)(F)CONC1CCCCC1C(F)(F)F. The molecule has 0 aromatic carbocycles. The first-order valence-electron chi connectivity index (χ1n) is 5.21. The van der Waals surface area contributed by atoms with Gasteiger partial charge in [0.25, 0.3) is 0 Å². The molecule has 0 aliphatic heterocycles. The molecule has 0 spiro atoms. The van der Waals surface area contributed by atoms with Crippen LogP contribution in [-0.2, 0) is 4.84 Å². The summed E-state index contributed by atoms with van der Waals surface area (Å²) in [5.74, 6) is -1.63. The highest BCUT2D eigenvalue weighted by atomic mass is 19.4. The van der Waals surface area contributed by atoms with E-state index in [1.54, 1.807) is 0 Å². The molecule has 1 rings (SSSR count). The number of halogens is 6. The Hall–Kier alpha value is -0.500. The predicted molar refractivity (Wildman–Crippen MR) is 46.9 cm³/mol. The number of hydroxylamine groups is 1. The Balaban J connectivity index is 2.44. The highest BCUT2D eigenvalue weighted by Crippen LogP contribution is 2.37. The van der Waals surface area contributed by atoms with E-state index in [2.05, 4.69) is 4.84 Å². The monoisotopic (exact) mass is 265 g/mol. The molecule has 8 heteroatoms. The maximum atomic E-state index is 12.5. The van der Waals surface area contributed by atoms with E-state index in [1.165, 1.54) is 0 Å². The Labute approximate surface area is 94.3 Å². The van der Waals surface area contributed by atoms with Gasteiger partial charge in [0.05, 0.1) is 5.92 Å². The van der Waals surface area contributed by atoms with Crippen molar-refractivity contribution in [1.82, 2.24) is 5.48 Å². The molecular weight excluding hydrogens is 252 g/mol. The second-order valence-corrected chi connectivity index (χ2v) is 4.06. The third-order valence-electron chi connectivity index (χ3n) is 2.66. The van der Waals surface area contributed by atoms with Crippen LogP contribution in [0.5, 0.6) is 0 Å². The number of alkyl halides is 6. The van der Waals surface area contributed by atoms with Gasteiger partial charge in [-0.15, -0.1) is 0 Å². The molecule has 1 saturated carbocycles. The molecule has 0 aromatic heterocycles. The Kier molecular flexibility index (Phi) is 4.65. The summed E-state index contributed by atoms with van der Waals surface area (Å²) in [4.78, 5) is 4.09. The van der Waals surface area contributed by atoms with Crippen molar-refractivity contribution in [3.05, 3.63) is 0 Å². The number of rotatable bonds is 3. The smallest absolute Gasteiger partial charge is 0.292 e. The molecule has 1 aliphatic carbocycles. The minimum absolute atomic E-state index is 0.0729. The van der Waals surface area contributed by atoms with Gasteiger partial charge >= 0.3 is 12.4 Å². The van der Waals surface area contributed by atoms with Gasteiger partial charge in [-0.1, -0.05) is 12.8 Å². The third kappa shape index (κ3) is 5.12. The standard InChI is InChI=1S/C9H13F6NO/c10-8(11,12)5-17-16-7-4-2-1-3-6(7)9(13,14)15/h6-7,16H,1-5H2. The molecule has 17 heavy (non-hydrogen) atoms. The molecule has 0 bridgehead atoms. The molecule has 1 N–H and O–H groups in total. The van der Waals surface area contributed by atoms with E-state index in [9.17, 15) is 26.3 Å². The Morgan fingerprint density at radius 3 is 2.12 bits per heavy atom. The molecule has 1 aliphatic rings. The quantitative estimate of drug-likeness (QED) is 0.625. The van der Waals surface area contributed by atoms with Crippen LogP contribution in [0.3, 0.4) is 0 Å². The van der Waals surface area contributed by atoms with Crippen LogP contribution in [0, 0.1) is 5.92 Å². The maximum absolute atomic E-state index is 12.5. The van der Waals surface area contributed by atoms with E-state index in [0.29, 0.717) is 12.8 Å². The third-order valence-corrected chi connectivity index (χ3v) is 2.66. The Morgan fingerprint density at radius 2 is 1.59 bits per heavy atom. The molecule has 2 atom stereocenters. The van der Waals surface area contributed by atoms with Gasteiger partial charge in [-0.2, -0.15) is 31.8 Å². The van der Waals surface area contributed by atoms with Crippen LogP contribution >= 0.6 is 0 Å². The summed E-state index contributed by atoms with van der Waals surface area (Å²) in [5, 5.41) is 0. The van der Waals surface area contributed by atoms with Gasteiger partial charge in [-0.05, 0) is 12.8 Å². The van der Waals surface area contributed by atoms with Crippen LogP contribution in [0.15, 0.2) is 0 Å². The lowest BCUT2D eigenvalue weighted by Gasteiger charge is -2.33. The Morgan fingerprint density at radius 1 is 1.00 bits per heavy atom. The maximum Gasteiger partial charge on any atom is 0.413 e. The number of nitrogens with one attached hydrogen (secondary N) is 1. The molecule has 102 valence electrons. The number of hydrogen-bond donors (Lipinski definition) is 1. The molecule has 2 nitrogen and oxygen atoms in total. The van der Waals surface area contributed by atoms with E-state index in [-0.39, 0.29) is 12.8 Å². The molecule has 0 saturated heterocycles. The van der Waals surface area contributed by atoms with Crippen molar-refractivity contribution in [3.63, 3.8) is 0 Å². The van der Waals surface area contributed by atoms with Crippen LogP contribution in [0.25, 0.3) is 0 Å². The van der Waals surface area contributed by atoms with Crippen molar-refractivity contribution in [2.45, 2.75) is 44.1 Å². The molecular formula is C9H13F6NO. The van der Waals surface area contributed by atoms with Crippen LogP contribution in [0.2, 0.25) is 0 Å². The van der Waals surface area contributed by atoms with Gasteiger partial charge < -0.3 is 0 Å². The van der Waals surface area contributed by atoms with E-state index >= 15 is 0 Å². The summed E-state index contributed by atoms with van der Waals surface area (Å²) in [5.41, 5.74) is 1.89. The van der Waals surface area contributed by atoms with Crippen molar-refractivity contribution in [3.8, 4) is 0 Å². The van der Waals surface area contributed by atoms with Crippen molar-refractivity contribution in [1.29, 1.82) is 0 Å². The average Bonchev–Trinajstić information content (AvgIpc) is 2.15. The summed E-state index contributed by atoms with van der Waals surface area (Å²) < 4.78 is 72.9. The van der Waals surface area contributed by atoms with Gasteiger partial charge in [-0.3, -0.25) is 4.84 Å². The fourth-order valence-electron chi connectivity index (χ4n) is 1.89. The van der Waals surface area contributed by atoms with Crippen LogP contribution in [0.1, 0.15) is 25.7 Å². The van der Waals surface area contributed by atoms with E-state index in [4.69, 9.17) is 0 Å². The highest BCUT2D eigenvalue weighted by Gasteiger charge is 2.45. The topological polar surface area (TPSA) is 21.3 Å². The largest absolute Gasteiger partial charge is 0.413 e. The van der Waals surface area contributed by atoms with Crippen LogP contribution < -0.4 is 5.48 Å². The molecule has 0 radical (unpaired) electrons. The average molecular weight is 265 g/mol. The lowest BCUT2D eigenvalue weighted by Crippen LogP contribution is -2.46. The second-order valence-electron chi connectivity index (χ2n) is 4.06. The fraction of sp³-hybridized carbons (Fsp3) is 1.00. The second kappa shape index (κ2) is 5.43. The van der Waals surface area contributed by atoms with E-state index in [1.807, 2.05) is 5.48 Å². The fourth-order valence-corrected chi connectivity index (χ4v) is 1.89. The van der Waals surface area contributed by atoms with E-state index < -0.39 is 30.9 Å². The minimum atomic E-state index is -4.55. The zero-order valence-electron chi connectivity index (χ0n) is 8.87. The minimum Gasteiger partial charge on any atom is -0.292 e. The zero-order chi connectivity index (χ0) is 13.1. The van der Waals surface area contributed by atoms with Crippen molar-refractivity contribution >= 4 is 0 Å². The van der Waals surface area contributed by atoms with Gasteiger partial charge in [0.1, 0.15) is 0 Å². The normalized spacial score (nSPS) is 27.2. The van der Waals surface area contributed by atoms with Gasteiger partial charge in [0.2, 0.25) is 0 Å². The summed E-state index contributed by atoms with van der Waals surface area (Å²) in [6.07, 6.45) is -7.87. The van der Waals surface area contributed by atoms with Gasteiger partial charge in [0.15, 0.2) is 6.61 Å². The van der Waals surface area contributed by atoms with Crippen molar-refractivity contribution < 1.29 is 31.2 Å². The van der Waals surface area contributed by atoms with Crippen LogP contribution in [0.4, 0.5) is 26.3 Å². The summed E-state index contributed by atoms with van der Waals surface area (Å²) in [6.45, 7) is -1.59. The lowest BCUT2D eigenvalue weighted by molar-refractivity contribution is -0.219. The molecule has 1 fully saturated rings. The first kappa shape index (κ1) is 14.6. The van der Waals surface area contributed by atoms with Gasteiger partial charge in [0, 0.05) is 6.04 Å². The zero-order valence-corrected chi connectivity index (χ0v) is 8.87. The summed E-state index contributed by atoms with van der Waals surface area (Å²) in [7, 11) is 0. The summed E-state index contributed by atoms with van der Waals surface area (Å²) in [6, 6.07) is -1.09. The molecule has 0 heterocycles. The van der Waals surface area contributed by atoms with Gasteiger partial charge in [-0.25, -0.2) is 0 Å². The first-order chi connectivity index (χ1) is 7.70. The Bertz CT molecular complexity index is 239.